The molecule has 0 atom stereocenters. The number of pyridine rings is 1. The molecule has 6 nitrogen and oxygen atoms in total. The number of alkyl halides is 3. The molecule has 3 heterocycles. The summed E-state index contributed by atoms with van der Waals surface area (Å²) >= 11 is 0. The van der Waals surface area contributed by atoms with Crippen molar-refractivity contribution in [3.63, 3.8) is 0 Å². The van der Waals surface area contributed by atoms with Crippen LogP contribution >= 0.6 is 0 Å². The van der Waals surface area contributed by atoms with Crippen molar-refractivity contribution in [3.8, 4) is 0 Å². The van der Waals surface area contributed by atoms with E-state index in [1.54, 1.807) is 31.2 Å². The lowest BCUT2D eigenvalue weighted by Gasteiger charge is -2.33. The van der Waals surface area contributed by atoms with E-state index in [0.717, 1.165) is 4.57 Å². The largest absolute Gasteiger partial charge is 0.449 e. The van der Waals surface area contributed by atoms with Gasteiger partial charge in [-0.1, -0.05) is 18.2 Å². The van der Waals surface area contributed by atoms with Gasteiger partial charge in [0.05, 0.1) is 4.90 Å². The van der Waals surface area contributed by atoms with Crippen LogP contribution in [0.3, 0.4) is 0 Å². The second-order valence-electron chi connectivity index (χ2n) is 7.05. The average Bonchev–Trinajstić information content (AvgIpc) is 3.08. The number of halogens is 3. The summed E-state index contributed by atoms with van der Waals surface area (Å²) in [5.74, 6) is -0.994. The predicted octanol–water partition coefficient (Wildman–Crippen LogP) is 3.78. The second-order valence-corrected chi connectivity index (χ2v) is 8.96. The number of nitrogens with zero attached hydrogens (tertiary/aromatic N) is 4. The summed E-state index contributed by atoms with van der Waals surface area (Å²) in [5.41, 5.74) is 0.980. The highest BCUT2D eigenvalue weighted by molar-refractivity contribution is 7.89. The second kappa shape index (κ2) is 7.10. The summed E-state index contributed by atoms with van der Waals surface area (Å²) in [7, 11) is -3.70. The molecule has 10 heteroatoms. The van der Waals surface area contributed by atoms with Crippen molar-refractivity contribution in [2.45, 2.75) is 36.9 Å². The molecule has 0 unspecified atom stereocenters. The van der Waals surface area contributed by atoms with Crippen LogP contribution in [0, 0.1) is 6.92 Å². The number of aromatic nitrogens is 3. The number of benzene rings is 1. The number of piperidine rings is 1. The Labute approximate surface area is 166 Å². The lowest BCUT2D eigenvalue weighted by molar-refractivity contribution is -0.147. The van der Waals surface area contributed by atoms with Crippen LogP contribution in [0.5, 0.6) is 0 Å². The standard InChI is InChI=1S/C19H19F3N4O2S/c1-13-5-2-3-7-16(13)29(27,28)25-11-8-14(9-12-25)26-17-15(6-4-10-23-17)24-18(26)19(20,21)22/h2-7,10,14H,8-9,11-12H2,1H3. The van der Waals surface area contributed by atoms with Gasteiger partial charge in [-0.3, -0.25) is 0 Å². The van der Waals surface area contributed by atoms with E-state index in [0.29, 0.717) is 5.56 Å². The number of imidazole rings is 1. The number of hydrogen-bond acceptors (Lipinski definition) is 4. The monoisotopic (exact) mass is 424 g/mol. The normalized spacial score (nSPS) is 17.1. The molecular formula is C19H19F3N4O2S. The van der Waals surface area contributed by atoms with E-state index in [1.165, 1.54) is 22.6 Å². The van der Waals surface area contributed by atoms with E-state index < -0.39 is 28.1 Å². The van der Waals surface area contributed by atoms with Gasteiger partial charge in [-0.15, -0.1) is 0 Å². The Bertz CT molecular complexity index is 1150. The molecule has 0 amide bonds. The first-order valence-corrected chi connectivity index (χ1v) is 10.6. The van der Waals surface area contributed by atoms with E-state index in [9.17, 15) is 21.6 Å². The molecule has 4 rings (SSSR count). The molecule has 1 aromatic carbocycles. The van der Waals surface area contributed by atoms with Gasteiger partial charge in [-0.05, 0) is 43.5 Å². The van der Waals surface area contributed by atoms with Gasteiger partial charge >= 0.3 is 6.18 Å². The third-order valence-electron chi connectivity index (χ3n) is 5.20. The maximum Gasteiger partial charge on any atom is 0.449 e. The first kappa shape index (κ1) is 19.8. The smallest absolute Gasteiger partial charge is 0.302 e. The Kier molecular flexibility index (Phi) is 4.86. The molecular weight excluding hydrogens is 405 g/mol. The molecule has 0 N–H and O–H groups in total. The summed E-state index contributed by atoms with van der Waals surface area (Å²) in [4.78, 5) is 8.04. The molecule has 154 valence electrons. The fourth-order valence-electron chi connectivity index (χ4n) is 3.80. The topological polar surface area (TPSA) is 68.1 Å². The quantitative estimate of drug-likeness (QED) is 0.642. The van der Waals surface area contributed by atoms with E-state index in [4.69, 9.17) is 0 Å². The zero-order chi connectivity index (χ0) is 20.8. The van der Waals surface area contributed by atoms with Crippen molar-refractivity contribution < 1.29 is 21.6 Å². The number of fused-ring (bicyclic) bond motifs is 1. The molecule has 1 saturated heterocycles. The SMILES string of the molecule is Cc1ccccc1S(=O)(=O)N1CCC(n2c(C(F)(F)F)nc3cccnc32)CC1. The van der Waals surface area contributed by atoms with Gasteiger partial charge in [0.15, 0.2) is 5.65 Å². The Morgan fingerprint density at radius 2 is 1.76 bits per heavy atom. The minimum absolute atomic E-state index is 0.130. The summed E-state index contributed by atoms with van der Waals surface area (Å²) in [5, 5.41) is 0. The zero-order valence-electron chi connectivity index (χ0n) is 15.6. The Hall–Kier alpha value is -2.46. The van der Waals surface area contributed by atoms with E-state index >= 15 is 0 Å². The highest BCUT2D eigenvalue weighted by Gasteiger charge is 2.41. The average molecular weight is 424 g/mol. The molecule has 0 spiro atoms. The van der Waals surface area contributed by atoms with E-state index in [2.05, 4.69) is 9.97 Å². The number of rotatable bonds is 3. The third kappa shape index (κ3) is 3.51. The van der Waals surface area contributed by atoms with Crippen molar-refractivity contribution in [3.05, 3.63) is 54.0 Å². The van der Waals surface area contributed by atoms with Gasteiger partial charge in [0.2, 0.25) is 15.8 Å². The Morgan fingerprint density at radius 1 is 1.07 bits per heavy atom. The van der Waals surface area contributed by atoms with Gasteiger partial charge in [-0.25, -0.2) is 18.4 Å². The van der Waals surface area contributed by atoms with Gasteiger partial charge in [0.1, 0.15) is 5.52 Å². The number of aryl methyl sites for hydroxylation is 1. The highest BCUT2D eigenvalue weighted by Crippen LogP contribution is 2.37. The van der Waals surface area contributed by atoms with Gasteiger partial charge in [0.25, 0.3) is 0 Å². The molecule has 1 fully saturated rings. The van der Waals surface area contributed by atoms with Gasteiger partial charge in [0, 0.05) is 25.3 Å². The van der Waals surface area contributed by atoms with Crippen molar-refractivity contribution in [1.29, 1.82) is 0 Å². The van der Waals surface area contributed by atoms with Crippen molar-refractivity contribution >= 4 is 21.2 Å². The molecule has 1 aliphatic rings. The molecule has 29 heavy (non-hydrogen) atoms. The number of sulfonamides is 1. The lowest BCUT2D eigenvalue weighted by Crippen LogP contribution is -2.39. The highest BCUT2D eigenvalue weighted by atomic mass is 32.2. The van der Waals surface area contributed by atoms with Crippen molar-refractivity contribution in [2.24, 2.45) is 0 Å². The van der Waals surface area contributed by atoms with Crippen LogP contribution in [-0.2, 0) is 16.2 Å². The van der Waals surface area contributed by atoms with Crippen molar-refractivity contribution in [1.82, 2.24) is 18.8 Å². The van der Waals surface area contributed by atoms with Gasteiger partial charge < -0.3 is 4.57 Å². The van der Waals surface area contributed by atoms with Crippen LogP contribution in [0.15, 0.2) is 47.5 Å². The Balaban J connectivity index is 1.64. The van der Waals surface area contributed by atoms with E-state index in [-0.39, 0.29) is 42.0 Å². The summed E-state index contributed by atoms with van der Waals surface area (Å²) in [6, 6.07) is 9.19. The van der Waals surface area contributed by atoms with Crippen LogP contribution in [0.4, 0.5) is 13.2 Å². The maximum absolute atomic E-state index is 13.6. The van der Waals surface area contributed by atoms with Crippen LogP contribution in [0.2, 0.25) is 0 Å². The molecule has 2 aromatic heterocycles. The summed E-state index contributed by atoms with van der Waals surface area (Å²) in [6.07, 6.45) is -2.70. The molecule has 0 saturated carbocycles. The predicted molar refractivity (Wildman–Crippen MR) is 101 cm³/mol. The molecule has 1 aliphatic heterocycles. The van der Waals surface area contributed by atoms with Gasteiger partial charge in [-0.2, -0.15) is 17.5 Å². The minimum Gasteiger partial charge on any atom is -0.302 e. The Morgan fingerprint density at radius 3 is 2.41 bits per heavy atom. The first-order valence-electron chi connectivity index (χ1n) is 9.15. The zero-order valence-corrected chi connectivity index (χ0v) is 16.4. The van der Waals surface area contributed by atoms with Crippen LogP contribution < -0.4 is 0 Å². The molecule has 0 bridgehead atoms. The molecule has 0 aliphatic carbocycles. The molecule has 3 aromatic rings. The fourth-order valence-corrected chi connectivity index (χ4v) is 5.50. The number of hydrogen-bond donors (Lipinski definition) is 0. The minimum atomic E-state index is -4.62. The fraction of sp³-hybridized carbons (Fsp3) is 0.368. The van der Waals surface area contributed by atoms with Crippen LogP contribution in [0.25, 0.3) is 11.2 Å². The first-order chi connectivity index (χ1) is 13.7. The summed E-state index contributed by atoms with van der Waals surface area (Å²) < 4.78 is 69.0. The van der Waals surface area contributed by atoms with Crippen LogP contribution in [0.1, 0.15) is 30.3 Å². The van der Waals surface area contributed by atoms with E-state index in [1.807, 2.05) is 0 Å². The van der Waals surface area contributed by atoms with Crippen molar-refractivity contribution in [2.75, 3.05) is 13.1 Å². The van der Waals surface area contributed by atoms with Crippen LogP contribution in [-0.4, -0.2) is 40.3 Å². The summed E-state index contributed by atoms with van der Waals surface area (Å²) in [6.45, 7) is 1.98. The lowest BCUT2D eigenvalue weighted by atomic mass is 10.1. The third-order valence-corrected chi connectivity index (χ3v) is 7.26. The maximum atomic E-state index is 13.6. The molecule has 0 radical (unpaired) electrons.